The van der Waals surface area contributed by atoms with Crippen molar-refractivity contribution in [1.29, 1.82) is 0 Å². The van der Waals surface area contributed by atoms with Gasteiger partial charge in [-0.2, -0.15) is 0 Å². The molecule has 3 atom stereocenters. The third kappa shape index (κ3) is 11.4. The first-order valence-corrected chi connectivity index (χ1v) is 16.7. The van der Waals surface area contributed by atoms with Crippen molar-refractivity contribution in [3.05, 3.63) is 35.4 Å². The molecule has 2 aromatic rings. The summed E-state index contributed by atoms with van der Waals surface area (Å²) in [4.78, 5) is 40.4. The Labute approximate surface area is 280 Å². The maximum atomic E-state index is 13.6. The topological polar surface area (TPSA) is 116 Å². The molecule has 3 unspecified atom stereocenters. The van der Waals surface area contributed by atoms with Crippen LogP contribution >= 0.6 is 0 Å². The lowest BCUT2D eigenvalue weighted by atomic mass is 9.86. The number of benzene rings is 2. The Hall–Kier alpha value is -3.95. The Morgan fingerprint density at radius 3 is 1.43 bits per heavy atom. The Kier molecular flexibility index (Phi) is 17.0. The minimum absolute atomic E-state index is 0.102. The first kappa shape index (κ1) is 39.2. The largest absolute Gasteiger partial charge is 0.493 e. The SMILES string of the molecule is CCCCOC(=O)C(CC(C)C(=O)Oc1c(OC)cc(CCC)cc1OC)CC(CC)C(=O)Oc1c(OC)cc(CCC)cc1OC. The van der Waals surface area contributed by atoms with Crippen LogP contribution in [0, 0.1) is 17.8 Å². The summed E-state index contributed by atoms with van der Waals surface area (Å²) in [5.41, 5.74) is 1.99. The van der Waals surface area contributed by atoms with E-state index >= 15 is 0 Å². The van der Waals surface area contributed by atoms with Crippen LogP contribution < -0.4 is 28.4 Å². The summed E-state index contributed by atoms with van der Waals surface area (Å²) >= 11 is 0. The van der Waals surface area contributed by atoms with Crippen molar-refractivity contribution in [2.24, 2.45) is 17.8 Å². The number of esters is 3. The maximum absolute atomic E-state index is 13.6. The molecule has 0 N–H and O–H groups in total. The predicted molar refractivity (Wildman–Crippen MR) is 180 cm³/mol. The second-order valence-electron chi connectivity index (χ2n) is 11.7. The van der Waals surface area contributed by atoms with Crippen LogP contribution in [0.3, 0.4) is 0 Å². The number of carbonyl (C=O) groups is 3. The van der Waals surface area contributed by atoms with E-state index in [1.807, 2.05) is 38.1 Å². The molecule has 2 rings (SSSR count). The van der Waals surface area contributed by atoms with Crippen molar-refractivity contribution < 1.29 is 47.5 Å². The second-order valence-corrected chi connectivity index (χ2v) is 11.7. The van der Waals surface area contributed by atoms with Gasteiger partial charge in [0.05, 0.1) is 52.8 Å². The summed E-state index contributed by atoms with van der Waals surface area (Å²) in [5.74, 6) is -1.82. The molecule has 10 nitrogen and oxygen atoms in total. The molecule has 0 fully saturated rings. The molecule has 0 aliphatic rings. The zero-order valence-corrected chi connectivity index (χ0v) is 29.7. The first-order chi connectivity index (χ1) is 22.6. The number of hydrogen-bond donors (Lipinski definition) is 0. The van der Waals surface area contributed by atoms with Crippen LogP contribution in [0.25, 0.3) is 0 Å². The number of ether oxygens (including phenoxy) is 7. The molecule has 2 aromatic carbocycles. The standard InChI is InChI=1S/C37H54O10/c1-10-14-17-45-36(39)28(18-24(5)35(38)46-33-29(41-6)19-25(15-11-2)20-30(33)42-7)23-27(13-4)37(40)47-34-31(43-8)21-26(16-12-3)22-32(34)44-9/h19-22,24,27-28H,10-18,23H2,1-9H3. The summed E-state index contributed by atoms with van der Waals surface area (Å²) in [7, 11) is 6.02. The summed E-state index contributed by atoms with van der Waals surface area (Å²) in [6.45, 7) is 9.93. The summed E-state index contributed by atoms with van der Waals surface area (Å²) in [6.07, 6.45) is 5.65. The number of carbonyl (C=O) groups excluding carboxylic acids is 3. The lowest BCUT2D eigenvalue weighted by Gasteiger charge is -2.24. The lowest BCUT2D eigenvalue weighted by Crippen LogP contribution is -2.30. The third-order valence-electron chi connectivity index (χ3n) is 8.03. The monoisotopic (exact) mass is 658 g/mol. The number of methoxy groups -OCH3 is 4. The van der Waals surface area contributed by atoms with Gasteiger partial charge in [-0.15, -0.1) is 0 Å². The zero-order chi connectivity index (χ0) is 34.9. The van der Waals surface area contributed by atoms with Crippen LogP contribution in [0.1, 0.15) is 90.7 Å². The Morgan fingerprint density at radius 1 is 0.596 bits per heavy atom. The van der Waals surface area contributed by atoms with Gasteiger partial charge < -0.3 is 33.2 Å². The van der Waals surface area contributed by atoms with Crippen LogP contribution in [0.15, 0.2) is 24.3 Å². The van der Waals surface area contributed by atoms with E-state index in [9.17, 15) is 14.4 Å². The minimum atomic E-state index is -0.765. The molecule has 0 spiro atoms. The Morgan fingerprint density at radius 2 is 1.04 bits per heavy atom. The Bertz CT molecular complexity index is 1250. The van der Waals surface area contributed by atoms with Crippen molar-refractivity contribution in [1.82, 2.24) is 0 Å². The quantitative estimate of drug-likeness (QED) is 0.0757. The van der Waals surface area contributed by atoms with Gasteiger partial charge in [0, 0.05) is 0 Å². The fourth-order valence-electron chi connectivity index (χ4n) is 5.34. The predicted octanol–water partition coefficient (Wildman–Crippen LogP) is 7.54. The van der Waals surface area contributed by atoms with E-state index in [0.717, 1.165) is 43.2 Å². The summed E-state index contributed by atoms with van der Waals surface area (Å²) in [6, 6.07) is 7.31. The molecule has 262 valence electrons. The molecule has 0 heterocycles. The molecular formula is C37H54O10. The lowest BCUT2D eigenvalue weighted by molar-refractivity contribution is -0.151. The van der Waals surface area contributed by atoms with Crippen molar-refractivity contribution in [3.63, 3.8) is 0 Å². The minimum Gasteiger partial charge on any atom is -0.493 e. The van der Waals surface area contributed by atoms with E-state index in [-0.39, 0.29) is 30.9 Å². The van der Waals surface area contributed by atoms with Gasteiger partial charge in [0.15, 0.2) is 23.0 Å². The summed E-state index contributed by atoms with van der Waals surface area (Å²) in [5, 5.41) is 0. The van der Waals surface area contributed by atoms with Gasteiger partial charge in [-0.3, -0.25) is 14.4 Å². The highest BCUT2D eigenvalue weighted by Crippen LogP contribution is 2.41. The van der Waals surface area contributed by atoms with Crippen molar-refractivity contribution >= 4 is 17.9 Å². The van der Waals surface area contributed by atoms with E-state index in [1.54, 1.807) is 6.92 Å². The average molecular weight is 659 g/mol. The highest BCUT2D eigenvalue weighted by Gasteiger charge is 2.33. The molecule has 47 heavy (non-hydrogen) atoms. The van der Waals surface area contributed by atoms with E-state index < -0.39 is 35.7 Å². The van der Waals surface area contributed by atoms with Gasteiger partial charge in [0.25, 0.3) is 0 Å². The molecule has 0 saturated heterocycles. The van der Waals surface area contributed by atoms with Gasteiger partial charge in [-0.1, -0.05) is 53.9 Å². The van der Waals surface area contributed by atoms with Crippen LogP contribution in [-0.4, -0.2) is 53.0 Å². The molecule has 0 aliphatic heterocycles. The molecule has 0 bridgehead atoms. The fraction of sp³-hybridized carbons (Fsp3) is 0.595. The van der Waals surface area contributed by atoms with E-state index in [4.69, 9.17) is 33.2 Å². The Balaban J connectivity index is 2.31. The summed E-state index contributed by atoms with van der Waals surface area (Å²) < 4.78 is 39.4. The average Bonchev–Trinajstić information content (AvgIpc) is 3.07. The highest BCUT2D eigenvalue weighted by molar-refractivity contribution is 5.80. The van der Waals surface area contributed by atoms with Crippen LogP contribution in [-0.2, 0) is 32.0 Å². The molecule has 0 amide bonds. The smallest absolute Gasteiger partial charge is 0.314 e. The van der Waals surface area contributed by atoms with Gasteiger partial charge in [-0.05, 0) is 73.9 Å². The van der Waals surface area contributed by atoms with Crippen molar-refractivity contribution in [3.8, 4) is 34.5 Å². The van der Waals surface area contributed by atoms with E-state index in [2.05, 4.69) is 13.8 Å². The molecule has 10 heteroatoms. The van der Waals surface area contributed by atoms with Gasteiger partial charge >= 0.3 is 17.9 Å². The number of hydrogen-bond acceptors (Lipinski definition) is 10. The zero-order valence-electron chi connectivity index (χ0n) is 29.7. The van der Waals surface area contributed by atoms with Crippen LogP contribution in [0.4, 0.5) is 0 Å². The van der Waals surface area contributed by atoms with Crippen LogP contribution in [0.2, 0.25) is 0 Å². The number of unbranched alkanes of at least 4 members (excludes halogenated alkanes) is 1. The van der Waals surface area contributed by atoms with E-state index in [0.29, 0.717) is 35.8 Å². The van der Waals surface area contributed by atoms with Crippen molar-refractivity contribution in [2.45, 2.75) is 92.4 Å². The molecule has 0 radical (unpaired) electrons. The van der Waals surface area contributed by atoms with Crippen LogP contribution in [0.5, 0.6) is 34.5 Å². The third-order valence-corrected chi connectivity index (χ3v) is 8.03. The molecular weight excluding hydrogens is 604 g/mol. The van der Waals surface area contributed by atoms with Gasteiger partial charge in [-0.25, -0.2) is 0 Å². The normalized spacial score (nSPS) is 12.8. The second kappa shape index (κ2) is 20.3. The highest BCUT2D eigenvalue weighted by atomic mass is 16.6. The maximum Gasteiger partial charge on any atom is 0.314 e. The molecule has 0 saturated carbocycles. The number of rotatable bonds is 21. The van der Waals surface area contributed by atoms with Gasteiger partial charge in [0.1, 0.15) is 0 Å². The van der Waals surface area contributed by atoms with Crippen molar-refractivity contribution in [2.75, 3.05) is 35.0 Å². The first-order valence-electron chi connectivity index (χ1n) is 16.7. The molecule has 0 aliphatic carbocycles. The number of aryl methyl sites for hydroxylation is 2. The van der Waals surface area contributed by atoms with Gasteiger partial charge in [0.2, 0.25) is 11.5 Å². The fourth-order valence-corrected chi connectivity index (χ4v) is 5.34. The van der Waals surface area contributed by atoms with E-state index in [1.165, 1.54) is 28.4 Å². The molecule has 0 aromatic heterocycles.